The molecule has 0 radical (unpaired) electrons. The first-order valence-corrected chi connectivity index (χ1v) is 9.27. The van der Waals surface area contributed by atoms with E-state index in [2.05, 4.69) is 11.1 Å². The quantitative estimate of drug-likeness (QED) is 0.685. The molecule has 0 bridgehead atoms. The lowest BCUT2D eigenvalue weighted by Crippen LogP contribution is -2.03. The first-order chi connectivity index (χ1) is 12.1. The smallest absolute Gasteiger partial charge is 0.354 e. The van der Waals surface area contributed by atoms with Crippen LogP contribution in [0.25, 0.3) is 15.8 Å². The van der Waals surface area contributed by atoms with E-state index < -0.39 is 5.97 Å². The molecule has 0 aliphatic heterocycles. The van der Waals surface area contributed by atoms with Crippen molar-refractivity contribution in [2.75, 3.05) is 0 Å². The van der Waals surface area contributed by atoms with E-state index >= 15 is 0 Å². The molecule has 0 spiro atoms. The Labute approximate surface area is 153 Å². The lowest BCUT2D eigenvalue weighted by Gasteiger charge is -2.04. The predicted molar refractivity (Wildman–Crippen MR) is 100 cm³/mol. The molecule has 1 aromatic carbocycles. The van der Waals surface area contributed by atoms with Crippen molar-refractivity contribution < 1.29 is 9.90 Å². The highest BCUT2D eigenvalue weighted by molar-refractivity contribution is 7.19. The fourth-order valence-corrected chi connectivity index (χ4v) is 4.52. The van der Waals surface area contributed by atoms with E-state index in [4.69, 9.17) is 21.7 Å². The van der Waals surface area contributed by atoms with Gasteiger partial charge in [0.25, 0.3) is 0 Å². The van der Waals surface area contributed by atoms with Crippen LogP contribution in [0.5, 0.6) is 0 Å². The zero-order chi connectivity index (χ0) is 17.4. The van der Waals surface area contributed by atoms with E-state index in [1.54, 1.807) is 17.4 Å². The summed E-state index contributed by atoms with van der Waals surface area (Å²) < 4.78 is 1.06. The fraction of sp³-hybridized carbons (Fsp3) is 0.211. The number of benzene rings is 1. The largest absolute Gasteiger partial charge is 0.477 e. The van der Waals surface area contributed by atoms with Crippen LogP contribution in [0.3, 0.4) is 0 Å². The first-order valence-electron chi connectivity index (χ1n) is 8.08. The summed E-state index contributed by atoms with van der Waals surface area (Å²) >= 11 is 7.95. The van der Waals surface area contributed by atoms with Crippen LogP contribution in [0.4, 0.5) is 0 Å². The summed E-state index contributed by atoms with van der Waals surface area (Å²) in [5.74, 6) is -1.03. The Balaban J connectivity index is 1.76. The van der Waals surface area contributed by atoms with Gasteiger partial charge in [-0.15, -0.1) is 11.3 Å². The highest BCUT2D eigenvalue weighted by atomic mass is 35.5. The minimum Gasteiger partial charge on any atom is -0.477 e. The summed E-state index contributed by atoms with van der Waals surface area (Å²) in [7, 11) is 0. The maximum Gasteiger partial charge on any atom is 0.354 e. The molecule has 2 heterocycles. The third-order valence-electron chi connectivity index (χ3n) is 4.25. The molecule has 4 rings (SSSR count). The number of hydrogen-bond acceptors (Lipinski definition) is 4. The number of thiazole rings is 1. The standard InChI is InChI=1S/C19H15ClN2O2S/c20-13-8-12(9-14-6-3-7-15(21-14)19(23)24)17-16(10-13)25-18(22-17)11-4-1-2-5-11/h3-4,6-8,10H,1-2,5,9H2,(H,23,24). The predicted octanol–water partition coefficient (Wildman–Crippen LogP) is 5.20. The Morgan fingerprint density at radius 1 is 1.28 bits per heavy atom. The second-order valence-electron chi connectivity index (χ2n) is 6.05. The van der Waals surface area contributed by atoms with E-state index in [0.717, 1.165) is 33.6 Å². The summed E-state index contributed by atoms with van der Waals surface area (Å²) in [5.41, 5.74) is 3.96. The second kappa shape index (κ2) is 6.58. The van der Waals surface area contributed by atoms with Gasteiger partial charge >= 0.3 is 5.97 Å². The van der Waals surface area contributed by atoms with Crippen molar-refractivity contribution in [2.24, 2.45) is 0 Å². The third-order valence-corrected chi connectivity index (χ3v) is 5.55. The average Bonchev–Trinajstić information content (AvgIpc) is 3.24. The van der Waals surface area contributed by atoms with Crippen LogP contribution < -0.4 is 0 Å². The van der Waals surface area contributed by atoms with Gasteiger partial charge in [-0.3, -0.25) is 0 Å². The van der Waals surface area contributed by atoms with Crippen molar-refractivity contribution in [2.45, 2.75) is 25.7 Å². The number of halogens is 1. The third kappa shape index (κ3) is 3.30. The van der Waals surface area contributed by atoms with Crippen LogP contribution in [-0.2, 0) is 6.42 Å². The van der Waals surface area contributed by atoms with Gasteiger partial charge in [-0.1, -0.05) is 23.7 Å². The van der Waals surface area contributed by atoms with Crippen LogP contribution >= 0.6 is 22.9 Å². The number of allylic oxidation sites excluding steroid dienone is 2. The van der Waals surface area contributed by atoms with Gasteiger partial charge in [-0.2, -0.15) is 0 Å². The number of pyridine rings is 1. The van der Waals surface area contributed by atoms with Crippen LogP contribution in [0, 0.1) is 0 Å². The van der Waals surface area contributed by atoms with E-state index in [9.17, 15) is 4.79 Å². The zero-order valence-corrected chi connectivity index (χ0v) is 14.9. The molecule has 0 saturated heterocycles. The Hall–Kier alpha value is -2.24. The van der Waals surface area contributed by atoms with E-state index in [-0.39, 0.29) is 5.69 Å². The summed E-state index contributed by atoms with van der Waals surface area (Å²) in [5, 5.41) is 10.8. The molecular weight excluding hydrogens is 356 g/mol. The summed E-state index contributed by atoms with van der Waals surface area (Å²) in [4.78, 5) is 20.2. The fourth-order valence-electron chi connectivity index (χ4n) is 3.09. The number of nitrogens with zero attached hydrogens (tertiary/aromatic N) is 2. The van der Waals surface area contributed by atoms with Gasteiger partial charge in [0.05, 0.1) is 10.2 Å². The van der Waals surface area contributed by atoms with Crippen molar-refractivity contribution in [3.63, 3.8) is 0 Å². The molecule has 0 unspecified atom stereocenters. The number of carbonyl (C=O) groups is 1. The lowest BCUT2D eigenvalue weighted by molar-refractivity contribution is 0.0690. The summed E-state index contributed by atoms with van der Waals surface area (Å²) in [6, 6.07) is 8.87. The van der Waals surface area contributed by atoms with Crippen LogP contribution in [-0.4, -0.2) is 21.0 Å². The number of aromatic nitrogens is 2. The van der Waals surface area contributed by atoms with Gasteiger partial charge in [0.15, 0.2) is 0 Å². The Kier molecular flexibility index (Phi) is 4.27. The molecule has 4 nitrogen and oxygen atoms in total. The average molecular weight is 371 g/mol. The SMILES string of the molecule is O=C(O)c1cccc(Cc2cc(Cl)cc3sc(C4=CCCC4)nc23)n1. The molecule has 1 aliphatic carbocycles. The van der Waals surface area contributed by atoms with Crippen LogP contribution in [0.2, 0.25) is 5.02 Å². The number of rotatable bonds is 4. The van der Waals surface area contributed by atoms with Crippen molar-refractivity contribution in [3.05, 3.63) is 63.4 Å². The molecule has 3 aromatic rings. The van der Waals surface area contributed by atoms with Gasteiger partial charge < -0.3 is 5.11 Å². The highest BCUT2D eigenvalue weighted by Gasteiger charge is 2.16. The molecule has 1 aliphatic rings. The lowest BCUT2D eigenvalue weighted by atomic mass is 10.1. The van der Waals surface area contributed by atoms with E-state index in [1.807, 2.05) is 18.2 Å². The van der Waals surface area contributed by atoms with Crippen molar-refractivity contribution >= 4 is 44.7 Å². The molecule has 0 amide bonds. The zero-order valence-electron chi connectivity index (χ0n) is 13.3. The van der Waals surface area contributed by atoms with Crippen molar-refractivity contribution in [1.29, 1.82) is 0 Å². The minimum atomic E-state index is -1.03. The maximum absolute atomic E-state index is 11.1. The normalized spacial score (nSPS) is 14.0. The van der Waals surface area contributed by atoms with Crippen molar-refractivity contribution in [1.82, 2.24) is 9.97 Å². The summed E-state index contributed by atoms with van der Waals surface area (Å²) in [6.07, 6.45) is 6.14. The van der Waals surface area contributed by atoms with Gasteiger partial charge in [0.2, 0.25) is 0 Å². The Morgan fingerprint density at radius 3 is 2.92 bits per heavy atom. The van der Waals surface area contributed by atoms with E-state index in [0.29, 0.717) is 17.1 Å². The monoisotopic (exact) mass is 370 g/mol. The van der Waals surface area contributed by atoms with Crippen molar-refractivity contribution in [3.8, 4) is 0 Å². The highest BCUT2D eigenvalue weighted by Crippen LogP contribution is 2.36. The van der Waals surface area contributed by atoms with Gasteiger partial charge in [-0.25, -0.2) is 14.8 Å². The molecule has 6 heteroatoms. The maximum atomic E-state index is 11.1. The molecule has 1 N–H and O–H groups in total. The minimum absolute atomic E-state index is 0.0471. The number of hydrogen-bond donors (Lipinski definition) is 1. The Morgan fingerprint density at radius 2 is 2.16 bits per heavy atom. The molecule has 0 saturated carbocycles. The van der Waals surface area contributed by atoms with E-state index in [1.165, 1.54) is 18.1 Å². The topological polar surface area (TPSA) is 63.1 Å². The molecule has 2 aromatic heterocycles. The van der Waals surface area contributed by atoms with Crippen LogP contribution in [0.15, 0.2) is 36.4 Å². The molecule has 25 heavy (non-hydrogen) atoms. The molecule has 126 valence electrons. The Bertz CT molecular complexity index is 1010. The van der Waals surface area contributed by atoms with Crippen LogP contribution in [0.1, 0.15) is 46.0 Å². The molecule has 0 fully saturated rings. The molecule has 0 atom stereocenters. The summed E-state index contributed by atoms with van der Waals surface area (Å²) in [6.45, 7) is 0. The first kappa shape index (κ1) is 16.2. The van der Waals surface area contributed by atoms with Gasteiger partial charge in [-0.05, 0) is 54.7 Å². The van der Waals surface area contributed by atoms with Gasteiger partial charge in [0, 0.05) is 17.1 Å². The molecular formula is C19H15ClN2O2S. The number of aromatic carboxylic acids is 1. The van der Waals surface area contributed by atoms with Gasteiger partial charge in [0.1, 0.15) is 10.7 Å². The number of carboxylic acid groups (broad SMARTS) is 1. The second-order valence-corrected chi connectivity index (χ2v) is 7.52. The number of fused-ring (bicyclic) bond motifs is 1. The number of carboxylic acids is 1.